The fourth-order valence-electron chi connectivity index (χ4n) is 2.19. The number of rotatable bonds is 5. The summed E-state index contributed by atoms with van der Waals surface area (Å²) in [6.07, 6.45) is 2.73. The van der Waals surface area contributed by atoms with Crippen LogP contribution in [-0.2, 0) is 0 Å². The molecule has 0 atom stereocenters. The highest BCUT2D eigenvalue weighted by Gasteiger charge is 2.14. The Morgan fingerprint density at radius 3 is 2.63 bits per heavy atom. The zero-order valence-corrected chi connectivity index (χ0v) is 15.1. The number of carbonyl (C=O) groups is 2. The van der Waals surface area contributed by atoms with Gasteiger partial charge in [-0.1, -0.05) is 29.3 Å². The van der Waals surface area contributed by atoms with Gasteiger partial charge in [0, 0.05) is 16.1 Å². The zero-order valence-electron chi connectivity index (χ0n) is 14.3. The van der Waals surface area contributed by atoms with Crippen LogP contribution in [0.1, 0.15) is 32.0 Å². The number of furan rings is 1. The van der Waals surface area contributed by atoms with Crippen LogP contribution in [0.4, 0.5) is 0 Å². The molecule has 0 unspecified atom stereocenters. The number of nitrogens with zero attached hydrogens (tertiary/aromatic N) is 1. The highest BCUT2D eigenvalue weighted by molar-refractivity contribution is 6.31. The molecule has 0 aliphatic rings. The lowest BCUT2D eigenvalue weighted by molar-refractivity contribution is 0.0701. The zero-order chi connectivity index (χ0) is 19.2. The number of nitrogens with one attached hydrogen (secondary N) is 1. The molecule has 27 heavy (non-hydrogen) atoms. The minimum Gasteiger partial charge on any atom is -0.457 e. The molecule has 3 rings (SSSR count). The normalized spacial score (nSPS) is 10.7. The number of halogens is 1. The van der Waals surface area contributed by atoms with E-state index in [1.165, 1.54) is 24.6 Å². The van der Waals surface area contributed by atoms with E-state index in [4.69, 9.17) is 20.8 Å². The van der Waals surface area contributed by atoms with Gasteiger partial charge in [0.15, 0.2) is 0 Å². The van der Waals surface area contributed by atoms with Gasteiger partial charge in [0.05, 0.1) is 12.5 Å². The molecule has 1 N–H and O–H groups in total. The summed E-state index contributed by atoms with van der Waals surface area (Å²) in [4.78, 5) is 24.1. The summed E-state index contributed by atoms with van der Waals surface area (Å²) in [7, 11) is 0. The van der Waals surface area contributed by atoms with Gasteiger partial charge in [-0.2, -0.15) is 5.10 Å². The molecular weight excluding hydrogens is 368 g/mol. The monoisotopic (exact) mass is 382 g/mol. The maximum absolute atomic E-state index is 12.1. The van der Waals surface area contributed by atoms with E-state index in [0.717, 1.165) is 5.56 Å². The molecule has 1 amide bonds. The number of ether oxygens (including phenoxy) is 1. The van der Waals surface area contributed by atoms with E-state index in [1.54, 1.807) is 30.3 Å². The van der Waals surface area contributed by atoms with E-state index < -0.39 is 5.97 Å². The van der Waals surface area contributed by atoms with Crippen molar-refractivity contribution in [3.05, 3.63) is 88.3 Å². The molecule has 0 fully saturated rings. The molecule has 0 radical (unpaired) electrons. The lowest BCUT2D eigenvalue weighted by Gasteiger charge is -2.06. The predicted molar refractivity (Wildman–Crippen MR) is 101 cm³/mol. The Balaban J connectivity index is 1.72. The van der Waals surface area contributed by atoms with Crippen molar-refractivity contribution in [3.63, 3.8) is 0 Å². The van der Waals surface area contributed by atoms with Crippen LogP contribution < -0.4 is 10.2 Å². The van der Waals surface area contributed by atoms with Gasteiger partial charge in [-0.25, -0.2) is 10.2 Å². The third-order valence-electron chi connectivity index (χ3n) is 3.58. The molecule has 0 saturated carbocycles. The van der Waals surface area contributed by atoms with Crippen molar-refractivity contribution >= 4 is 29.7 Å². The molecule has 1 heterocycles. The van der Waals surface area contributed by atoms with Crippen LogP contribution in [0.2, 0.25) is 5.02 Å². The minimum absolute atomic E-state index is 0.0699. The average Bonchev–Trinajstić information content (AvgIpc) is 3.19. The van der Waals surface area contributed by atoms with E-state index >= 15 is 0 Å². The number of carbonyl (C=O) groups excluding carboxylic acids is 2. The summed E-state index contributed by atoms with van der Waals surface area (Å²) in [6.45, 7) is 1.94. The number of hydrogen-bond donors (Lipinski definition) is 1. The van der Waals surface area contributed by atoms with Gasteiger partial charge in [0.1, 0.15) is 5.75 Å². The molecule has 6 nitrogen and oxygen atoms in total. The summed E-state index contributed by atoms with van der Waals surface area (Å²) >= 11 is 6.00. The number of benzene rings is 2. The van der Waals surface area contributed by atoms with Crippen molar-refractivity contribution < 1.29 is 18.7 Å². The Bertz CT molecular complexity index is 980. The highest BCUT2D eigenvalue weighted by atomic mass is 35.5. The van der Waals surface area contributed by atoms with Gasteiger partial charge in [0.2, 0.25) is 5.76 Å². The summed E-state index contributed by atoms with van der Waals surface area (Å²) in [5.74, 6) is -0.710. The Morgan fingerprint density at radius 2 is 1.93 bits per heavy atom. The van der Waals surface area contributed by atoms with Crippen LogP contribution in [0.3, 0.4) is 0 Å². The van der Waals surface area contributed by atoms with Crippen LogP contribution in [0.15, 0.2) is 70.4 Å². The molecule has 1 aromatic heterocycles. The molecule has 7 heteroatoms. The van der Waals surface area contributed by atoms with E-state index in [0.29, 0.717) is 16.1 Å². The van der Waals surface area contributed by atoms with Gasteiger partial charge in [-0.3, -0.25) is 4.79 Å². The van der Waals surface area contributed by atoms with E-state index in [9.17, 15) is 9.59 Å². The van der Waals surface area contributed by atoms with Gasteiger partial charge >= 0.3 is 5.97 Å². The molecule has 0 saturated heterocycles. The van der Waals surface area contributed by atoms with Crippen LogP contribution in [0, 0.1) is 6.92 Å². The lowest BCUT2D eigenvalue weighted by atomic mass is 10.1. The molecule has 0 aliphatic heterocycles. The van der Waals surface area contributed by atoms with Gasteiger partial charge in [-0.15, -0.1) is 0 Å². The quantitative estimate of drug-likeness (QED) is 0.310. The standard InChI is InChI=1S/C20H15ClN2O4/c1-13-4-6-14(7-5-13)19(24)23-22-12-15-11-16(21)8-9-17(15)27-20(25)18-3-2-10-26-18/h2-12H,1H3,(H,23,24)/b22-12+. The molecule has 136 valence electrons. The third-order valence-corrected chi connectivity index (χ3v) is 3.82. The third kappa shape index (κ3) is 4.83. The second kappa shape index (κ2) is 8.33. The number of hydrazone groups is 1. The number of esters is 1. The number of amides is 1. The smallest absolute Gasteiger partial charge is 0.379 e. The van der Waals surface area contributed by atoms with Gasteiger partial charge < -0.3 is 9.15 Å². The van der Waals surface area contributed by atoms with Crippen molar-refractivity contribution in [1.29, 1.82) is 0 Å². The molecule has 0 bridgehead atoms. The first-order chi connectivity index (χ1) is 13.0. The Kier molecular flexibility index (Phi) is 5.68. The van der Waals surface area contributed by atoms with Gasteiger partial charge in [0.25, 0.3) is 5.91 Å². The Hall–Kier alpha value is -3.38. The summed E-state index contributed by atoms with van der Waals surface area (Å²) in [5, 5.41) is 4.34. The first kappa shape index (κ1) is 18.4. The molecular formula is C20H15ClN2O4. The van der Waals surface area contributed by atoms with E-state index in [2.05, 4.69) is 10.5 Å². The Morgan fingerprint density at radius 1 is 1.15 bits per heavy atom. The highest BCUT2D eigenvalue weighted by Crippen LogP contribution is 2.22. The molecule has 3 aromatic rings. The first-order valence-electron chi connectivity index (χ1n) is 7.98. The number of aryl methyl sites for hydroxylation is 1. The average molecular weight is 383 g/mol. The van der Waals surface area contributed by atoms with Crippen molar-refractivity contribution in [2.45, 2.75) is 6.92 Å². The fourth-order valence-corrected chi connectivity index (χ4v) is 2.37. The summed E-state index contributed by atoms with van der Waals surface area (Å²) in [5.41, 5.74) is 4.38. The van der Waals surface area contributed by atoms with E-state index in [-0.39, 0.29) is 17.4 Å². The SMILES string of the molecule is Cc1ccc(C(=O)N/N=C/c2cc(Cl)ccc2OC(=O)c2ccco2)cc1. The second-order valence-corrected chi connectivity index (χ2v) is 6.05. The molecule has 0 aliphatic carbocycles. The largest absolute Gasteiger partial charge is 0.457 e. The fraction of sp³-hybridized carbons (Fsp3) is 0.0500. The molecule has 0 spiro atoms. The summed E-state index contributed by atoms with van der Waals surface area (Å²) in [6, 6.07) is 14.8. The van der Waals surface area contributed by atoms with Crippen molar-refractivity contribution in [2.75, 3.05) is 0 Å². The lowest BCUT2D eigenvalue weighted by Crippen LogP contribution is -2.17. The Labute approximate surface area is 160 Å². The first-order valence-corrected chi connectivity index (χ1v) is 8.36. The van der Waals surface area contributed by atoms with Crippen LogP contribution in [0.5, 0.6) is 5.75 Å². The number of hydrogen-bond acceptors (Lipinski definition) is 5. The molecule has 2 aromatic carbocycles. The topological polar surface area (TPSA) is 80.9 Å². The van der Waals surface area contributed by atoms with Crippen molar-refractivity contribution in [1.82, 2.24) is 5.43 Å². The second-order valence-electron chi connectivity index (χ2n) is 5.61. The van der Waals surface area contributed by atoms with Crippen LogP contribution >= 0.6 is 11.6 Å². The maximum atomic E-state index is 12.1. The van der Waals surface area contributed by atoms with Gasteiger partial charge in [-0.05, 0) is 49.4 Å². The van der Waals surface area contributed by atoms with Crippen molar-refractivity contribution in [2.24, 2.45) is 5.10 Å². The minimum atomic E-state index is -0.652. The van der Waals surface area contributed by atoms with E-state index in [1.807, 2.05) is 19.1 Å². The van der Waals surface area contributed by atoms with Crippen molar-refractivity contribution in [3.8, 4) is 5.75 Å². The van der Waals surface area contributed by atoms with Crippen LogP contribution in [-0.4, -0.2) is 18.1 Å². The predicted octanol–water partition coefficient (Wildman–Crippen LogP) is 4.22. The maximum Gasteiger partial charge on any atom is 0.379 e. The summed E-state index contributed by atoms with van der Waals surface area (Å²) < 4.78 is 10.3. The van der Waals surface area contributed by atoms with Crippen LogP contribution in [0.25, 0.3) is 0 Å².